The minimum atomic E-state index is -0.365. The van der Waals surface area contributed by atoms with Gasteiger partial charge in [-0.05, 0) is 35.8 Å². The second-order valence-electron chi connectivity index (χ2n) is 3.52. The molecule has 0 saturated heterocycles. The number of nitrogens with one attached hydrogen (secondary N) is 1. The Morgan fingerprint density at radius 2 is 2.28 bits per heavy atom. The molecule has 0 heterocycles. The van der Waals surface area contributed by atoms with Gasteiger partial charge in [0.05, 0.1) is 13.3 Å². The summed E-state index contributed by atoms with van der Waals surface area (Å²) in [5, 5.41) is 2.26. The van der Waals surface area contributed by atoms with Crippen LogP contribution < -0.4 is 10.1 Å². The van der Waals surface area contributed by atoms with E-state index in [0.717, 1.165) is 29.5 Å². The molecule has 18 heavy (non-hydrogen) atoms. The normalized spacial score (nSPS) is 9.89. The molecule has 0 aliphatic rings. The Balaban J connectivity index is 2.86. The van der Waals surface area contributed by atoms with E-state index in [1.807, 2.05) is 25.1 Å². The Kier molecular flexibility index (Phi) is 5.42. The topological polar surface area (TPSA) is 55.4 Å². The van der Waals surface area contributed by atoms with Crippen LogP contribution >= 0.6 is 0 Å². The number of amides is 1. The summed E-state index contributed by atoms with van der Waals surface area (Å²) in [5.74, 6) is 1.90. The molecule has 0 unspecified atom stereocenters. The third kappa shape index (κ3) is 3.92. The summed E-state index contributed by atoms with van der Waals surface area (Å²) in [6, 6.07) is 5.65. The van der Waals surface area contributed by atoms with Gasteiger partial charge >= 0.3 is 0 Å². The molecule has 0 spiro atoms. The van der Waals surface area contributed by atoms with Gasteiger partial charge in [-0.3, -0.25) is 4.79 Å². The molecular weight excluding hydrogens is 230 g/mol. The van der Waals surface area contributed by atoms with E-state index in [1.165, 1.54) is 12.0 Å². The molecule has 0 saturated carbocycles. The third-order valence-electron chi connectivity index (χ3n) is 2.42. The number of ether oxygens (including phenoxy) is 1. The zero-order valence-corrected chi connectivity index (χ0v) is 10.4. The van der Waals surface area contributed by atoms with E-state index < -0.39 is 0 Å². The van der Waals surface area contributed by atoms with Gasteiger partial charge in [-0.15, -0.1) is 0 Å². The lowest BCUT2D eigenvalue weighted by atomic mass is 10.0. The van der Waals surface area contributed by atoms with Crippen molar-refractivity contribution in [3.8, 4) is 5.75 Å². The highest BCUT2D eigenvalue weighted by Gasteiger charge is 2.00. The largest absolute Gasteiger partial charge is 0.497 e. The summed E-state index contributed by atoms with van der Waals surface area (Å²) in [5.41, 5.74) is 2.04. The molecule has 0 atom stereocenters. The Bertz CT molecular complexity index is 500. The molecule has 1 N–H and O–H groups in total. The first-order chi connectivity index (χ1) is 8.71. The molecule has 4 nitrogen and oxygen atoms in total. The quantitative estimate of drug-likeness (QED) is 0.635. The maximum absolute atomic E-state index is 11.3. The summed E-state index contributed by atoms with van der Waals surface area (Å²) in [6.45, 7) is 2.03. The Labute approximate surface area is 106 Å². The predicted octanol–water partition coefficient (Wildman–Crippen LogP) is 1.73. The van der Waals surface area contributed by atoms with Gasteiger partial charge in [0.25, 0.3) is 0 Å². The summed E-state index contributed by atoms with van der Waals surface area (Å²) >= 11 is 0. The maximum atomic E-state index is 11.3. The molecule has 0 aromatic heterocycles. The molecule has 0 bridgehead atoms. The van der Waals surface area contributed by atoms with E-state index >= 15 is 0 Å². The van der Waals surface area contributed by atoms with Gasteiger partial charge in [0.2, 0.25) is 5.91 Å². The van der Waals surface area contributed by atoms with Crippen LogP contribution in [0.4, 0.5) is 0 Å². The summed E-state index contributed by atoms with van der Waals surface area (Å²) in [7, 11) is 1.61. The van der Waals surface area contributed by atoms with Crippen molar-refractivity contribution >= 4 is 17.9 Å². The standard InChI is InChI=1S/C14H15NO3/c1-3-11-10-13(18-2)6-4-12(11)5-7-14(17)15-8-9-16/h4-8,10H,3H2,1-2H3,(H,15,17). The SMILES string of the molecule is CCc1cc(OC)ccc1C=CC(=O)NC=C=O. The van der Waals surface area contributed by atoms with Gasteiger partial charge in [0, 0.05) is 6.08 Å². The fraction of sp³-hybridized carbons (Fsp3) is 0.214. The van der Waals surface area contributed by atoms with Gasteiger partial charge in [-0.2, -0.15) is 0 Å². The number of rotatable bonds is 5. The molecule has 0 fully saturated rings. The fourth-order valence-electron chi connectivity index (χ4n) is 1.49. The van der Waals surface area contributed by atoms with E-state index in [2.05, 4.69) is 5.32 Å². The molecule has 1 aromatic carbocycles. The Morgan fingerprint density at radius 3 is 2.89 bits per heavy atom. The Morgan fingerprint density at radius 1 is 1.50 bits per heavy atom. The second kappa shape index (κ2) is 7.09. The summed E-state index contributed by atoms with van der Waals surface area (Å²) in [6.07, 6.45) is 4.84. The molecule has 94 valence electrons. The van der Waals surface area contributed by atoms with Crippen LogP contribution in [0.1, 0.15) is 18.1 Å². The number of benzene rings is 1. The van der Waals surface area contributed by atoms with Crippen LogP contribution in [0.15, 0.2) is 30.5 Å². The van der Waals surface area contributed by atoms with Crippen molar-refractivity contribution in [3.05, 3.63) is 41.6 Å². The molecule has 1 rings (SSSR count). The number of carbonyl (C=O) groups is 1. The molecule has 1 amide bonds. The molecule has 0 aliphatic carbocycles. The van der Waals surface area contributed by atoms with Crippen molar-refractivity contribution in [2.45, 2.75) is 13.3 Å². The molecule has 1 aromatic rings. The number of aryl methyl sites for hydroxylation is 1. The van der Waals surface area contributed by atoms with E-state index in [4.69, 9.17) is 4.74 Å². The first-order valence-electron chi connectivity index (χ1n) is 5.56. The Hall–Kier alpha value is -2.32. The van der Waals surface area contributed by atoms with Gasteiger partial charge in [0.15, 0.2) is 0 Å². The van der Waals surface area contributed by atoms with E-state index in [-0.39, 0.29) is 5.91 Å². The minimum absolute atomic E-state index is 0.365. The van der Waals surface area contributed by atoms with Crippen LogP contribution in [0.25, 0.3) is 6.08 Å². The third-order valence-corrected chi connectivity index (χ3v) is 2.42. The van der Waals surface area contributed by atoms with Crippen LogP contribution in [0, 0.1) is 0 Å². The van der Waals surface area contributed by atoms with Crippen LogP contribution in [-0.4, -0.2) is 19.0 Å². The van der Waals surface area contributed by atoms with Crippen molar-refractivity contribution in [1.29, 1.82) is 0 Å². The van der Waals surface area contributed by atoms with Crippen LogP contribution in [-0.2, 0) is 16.0 Å². The number of hydrogen-bond donors (Lipinski definition) is 1. The summed E-state index contributed by atoms with van der Waals surface area (Å²) in [4.78, 5) is 21.2. The average Bonchev–Trinajstić information content (AvgIpc) is 2.42. The van der Waals surface area contributed by atoms with Crippen LogP contribution in [0.3, 0.4) is 0 Å². The van der Waals surface area contributed by atoms with Gasteiger partial charge < -0.3 is 10.1 Å². The summed E-state index contributed by atoms with van der Waals surface area (Å²) < 4.78 is 5.14. The molecule has 0 aliphatic heterocycles. The highest BCUT2D eigenvalue weighted by Crippen LogP contribution is 2.19. The lowest BCUT2D eigenvalue weighted by Crippen LogP contribution is -2.13. The highest BCUT2D eigenvalue weighted by atomic mass is 16.5. The number of hydrogen-bond acceptors (Lipinski definition) is 3. The van der Waals surface area contributed by atoms with Crippen LogP contribution in [0.5, 0.6) is 5.75 Å². The highest BCUT2D eigenvalue weighted by molar-refractivity contribution is 5.93. The lowest BCUT2D eigenvalue weighted by molar-refractivity contribution is -0.115. The van der Waals surface area contributed by atoms with Crippen molar-refractivity contribution in [3.63, 3.8) is 0 Å². The number of methoxy groups -OCH3 is 1. The average molecular weight is 245 g/mol. The van der Waals surface area contributed by atoms with Crippen molar-refractivity contribution in [1.82, 2.24) is 5.32 Å². The molecular formula is C14H15NO3. The van der Waals surface area contributed by atoms with E-state index in [1.54, 1.807) is 13.2 Å². The maximum Gasteiger partial charge on any atom is 0.248 e. The lowest BCUT2D eigenvalue weighted by Gasteiger charge is -2.06. The predicted molar refractivity (Wildman–Crippen MR) is 69.8 cm³/mol. The monoisotopic (exact) mass is 245 g/mol. The zero-order valence-electron chi connectivity index (χ0n) is 10.4. The van der Waals surface area contributed by atoms with E-state index in [9.17, 15) is 9.59 Å². The van der Waals surface area contributed by atoms with Gasteiger partial charge in [-0.25, -0.2) is 4.79 Å². The van der Waals surface area contributed by atoms with Crippen molar-refractivity contribution < 1.29 is 14.3 Å². The zero-order chi connectivity index (χ0) is 13.4. The fourth-order valence-corrected chi connectivity index (χ4v) is 1.49. The van der Waals surface area contributed by atoms with Gasteiger partial charge in [-0.1, -0.05) is 13.0 Å². The van der Waals surface area contributed by atoms with Crippen molar-refractivity contribution in [2.24, 2.45) is 0 Å². The molecule has 0 radical (unpaired) electrons. The smallest absolute Gasteiger partial charge is 0.248 e. The minimum Gasteiger partial charge on any atom is -0.497 e. The van der Waals surface area contributed by atoms with Crippen molar-refractivity contribution in [2.75, 3.05) is 7.11 Å². The molecule has 4 heteroatoms. The first-order valence-corrected chi connectivity index (χ1v) is 5.56. The van der Waals surface area contributed by atoms with Gasteiger partial charge in [0.1, 0.15) is 11.7 Å². The van der Waals surface area contributed by atoms with Crippen LogP contribution in [0.2, 0.25) is 0 Å². The number of carbonyl (C=O) groups excluding carboxylic acids is 2. The first kappa shape index (κ1) is 13.7. The van der Waals surface area contributed by atoms with E-state index in [0.29, 0.717) is 0 Å². The second-order valence-corrected chi connectivity index (χ2v) is 3.52.